The number of thioether (sulfide) groups is 1. The van der Waals surface area contributed by atoms with E-state index in [9.17, 15) is 9.59 Å². The van der Waals surface area contributed by atoms with Crippen LogP contribution in [0.4, 0.5) is 4.79 Å². The van der Waals surface area contributed by atoms with Gasteiger partial charge in [0.15, 0.2) is 0 Å². The quantitative estimate of drug-likeness (QED) is 0.699. The molecule has 1 fully saturated rings. The van der Waals surface area contributed by atoms with Gasteiger partial charge in [0.05, 0.1) is 12.0 Å². The zero-order valence-electron chi connectivity index (χ0n) is 14.0. The van der Waals surface area contributed by atoms with E-state index in [2.05, 4.69) is 10.3 Å². The Hall–Kier alpha value is -3.06. The molecule has 0 spiro atoms. The van der Waals surface area contributed by atoms with Gasteiger partial charge in [-0.1, -0.05) is 12.1 Å². The van der Waals surface area contributed by atoms with Gasteiger partial charge < -0.3 is 9.15 Å². The number of methoxy groups -OCH3 is 1. The van der Waals surface area contributed by atoms with E-state index in [1.807, 2.05) is 30.3 Å². The van der Waals surface area contributed by atoms with Gasteiger partial charge in [0, 0.05) is 28.9 Å². The molecule has 1 saturated heterocycles. The largest absolute Gasteiger partial charge is 0.497 e. The number of amides is 2. The molecular weight excluding hydrogens is 352 g/mol. The van der Waals surface area contributed by atoms with Crippen LogP contribution in [0.5, 0.6) is 5.75 Å². The van der Waals surface area contributed by atoms with Crippen LogP contribution >= 0.6 is 11.8 Å². The number of imide groups is 1. The first-order valence-corrected chi connectivity index (χ1v) is 8.65. The Morgan fingerprint density at radius 1 is 1.19 bits per heavy atom. The zero-order valence-corrected chi connectivity index (χ0v) is 14.8. The standard InChI is InChI=1S/C19H14N2O4S/c1-10(17-18(22)21-19(23)26-17)15-7-12-8-20-9-14(16(12)25-15)11-3-5-13(24-2)6-4-11/h3-9H,1-2H3,(H,21,22,23). The molecule has 0 atom stereocenters. The van der Waals surface area contributed by atoms with Gasteiger partial charge in [-0.15, -0.1) is 0 Å². The maximum absolute atomic E-state index is 11.9. The molecule has 1 aliphatic heterocycles. The predicted molar refractivity (Wildman–Crippen MR) is 99.7 cm³/mol. The summed E-state index contributed by atoms with van der Waals surface area (Å²) < 4.78 is 11.2. The van der Waals surface area contributed by atoms with Crippen LogP contribution in [0.3, 0.4) is 0 Å². The molecule has 2 aromatic heterocycles. The van der Waals surface area contributed by atoms with Gasteiger partial charge in [0.2, 0.25) is 0 Å². The fourth-order valence-corrected chi connectivity index (χ4v) is 3.52. The molecule has 4 rings (SSSR count). The third-order valence-corrected chi connectivity index (χ3v) is 5.13. The number of benzene rings is 1. The van der Waals surface area contributed by atoms with Gasteiger partial charge in [-0.05, 0) is 42.4 Å². The lowest BCUT2D eigenvalue weighted by Gasteiger charge is -2.04. The second kappa shape index (κ2) is 6.34. The van der Waals surface area contributed by atoms with Crippen LogP contribution in [0.15, 0.2) is 52.0 Å². The minimum Gasteiger partial charge on any atom is -0.497 e. The molecule has 2 amide bonds. The second-order valence-corrected chi connectivity index (χ2v) is 6.73. The van der Waals surface area contributed by atoms with Crippen molar-refractivity contribution in [3.8, 4) is 16.9 Å². The summed E-state index contributed by atoms with van der Waals surface area (Å²) in [6.45, 7) is 1.76. The first kappa shape index (κ1) is 16.4. The van der Waals surface area contributed by atoms with Gasteiger partial charge in [0.1, 0.15) is 17.1 Å². The maximum atomic E-state index is 11.9. The molecule has 1 N–H and O–H groups in total. The van der Waals surface area contributed by atoms with Crippen molar-refractivity contribution >= 4 is 39.5 Å². The zero-order chi connectivity index (χ0) is 18.3. The third kappa shape index (κ3) is 2.76. The number of aromatic nitrogens is 1. The molecule has 0 bridgehead atoms. The van der Waals surface area contributed by atoms with Crippen LogP contribution in [-0.4, -0.2) is 23.2 Å². The Balaban J connectivity index is 1.82. The van der Waals surface area contributed by atoms with Crippen molar-refractivity contribution < 1.29 is 18.7 Å². The minimum absolute atomic E-state index is 0.355. The summed E-state index contributed by atoms with van der Waals surface area (Å²) in [5, 5.41) is 2.71. The van der Waals surface area contributed by atoms with Crippen LogP contribution in [0.1, 0.15) is 12.7 Å². The Kier molecular flexibility index (Phi) is 4.00. The van der Waals surface area contributed by atoms with Crippen molar-refractivity contribution in [2.45, 2.75) is 6.92 Å². The molecule has 6 nitrogen and oxygen atoms in total. The van der Waals surface area contributed by atoms with E-state index < -0.39 is 5.91 Å². The number of hydrogen-bond donors (Lipinski definition) is 1. The van der Waals surface area contributed by atoms with Gasteiger partial charge in [0.25, 0.3) is 11.1 Å². The number of fused-ring (bicyclic) bond motifs is 1. The number of carbonyl (C=O) groups excluding carboxylic acids is 2. The van der Waals surface area contributed by atoms with Gasteiger partial charge in [-0.2, -0.15) is 0 Å². The van der Waals surface area contributed by atoms with Crippen molar-refractivity contribution in [1.82, 2.24) is 10.3 Å². The molecule has 0 aliphatic carbocycles. The van der Waals surface area contributed by atoms with Crippen LogP contribution in [0.2, 0.25) is 0 Å². The number of allylic oxidation sites excluding steroid dienone is 1. The Morgan fingerprint density at radius 3 is 2.62 bits per heavy atom. The average Bonchev–Trinajstić information content (AvgIpc) is 3.23. The number of nitrogens with one attached hydrogen (secondary N) is 1. The van der Waals surface area contributed by atoms with Gasteiger partial charge >= 0.3 is 0 Å². The molecular formula is C19H14N2O4S. The Labute approximate surface area is 153 Å². The fourth-order valence-electron chi connectivity index (χ4n) is 2.80. The molecule has 3 heterocycles. The van der Waals surface area contributed by atoms with Crippen molar-refractivity contribution in [1.29, 1.82) is 0 Å². The fraction of sp³-hybridized carbons (Fsp3) is 0.105. The summed E-state index contributed by atoms with van der Waals surface area (Å²) in [7, 11) is 1.62. The third-order valence-electron chi connectivity index (χ3n) is 4.15. The normalized spacial score (nSPS) is 16.1. The molecule has 0 unspecified atom stereocenters. The van der Waals surface area contributed by atoms with E-state index >= 15 is 0 Å². The SMILES string of the molecule is COc1ccc(-c2cncc3cc(C(C)=C4SC(=O)NC4=O)oc23)cc1. The Bertz CT molecular complexity index is 1070. The average molecular weight is 366 g/mol. The van der Waals surface area contributed by atoms with E-state index in [4.69, 9.17) is 9.15 Å². The van der Waals surface area contributed by atoms with E-state index in [0.29, 0.717) is 21.8 Å². The highest BCUT2D eigenvalue weighted by molar-refractivity contribution is 8.18. The number of nitrogens with zero attached hydrogens (tertiary/aromatic N) is 1. The topological polar surface area (TPSA) is 81.4 Å². The second-order valence-electron chi connectivity index (χ2n) is 5.74. The molecule has 26 heavy (non-hydrogen) atoms. The number of carbonyl (C=O) groups is 2. The van der Waals surface area contributed by atoms with Crippen LogP contribution in [-0.2, 0) is 4.79 Å². The molecule has 1 aliphatic rings. The highest BCUT2D eigenvalue weighted by Crippen LogP contribution is 2.36. The lowest BCUT2D eigenvalue weighted by Crippen LogP contribution is -2.18. The summed E-state index contributed by atoms with van der Waals surface area (Å²) in [5.41, 5.74) is 3.08. The summed E-state index contributed by atoms with van der Waals surface area (Å²) in [4.78, 5) is 27.9. The molecule has 0 saturated carbocycles. The van der Waals surface area contributed by atoms with Gasteiger partial charge in [-0.25, -0.2) is 0 Å². The number of rotatable bonds is 3. The molecule has 3 aromatic rings. The summed E-state index contributed by atoms with van der Waals surface area (Å²) in [6.07, 6.45) is 3.45. The first-order valence-electron chi connectivity index (χ1n) is 7.83. The number of ether oxygens (including phenoxy) is 1. The van der Waals surface area contributed by atoms with E-state index in [-0.39, 0.29) is 5.24 Å². The minimum atomic E-state index is -0.397. The van der Waals surface area contributed by atoms with Gasteiger partial charge in [-0.3, -0.25) is 19.9 Å². The van der Waals surface area contributed by atoms with E-state index in [0.717, 1.165) is 34.0 Å². The summed E-state index contributed by atoms with van der Waals surface area (Å²) in [5.74, 6) is 0.908. The summed E-state index contributed by atoms with van der Waals surface area (Å²) >= 11 is 0.882. The predicted octanol–water partition coefficient (Wildman–Crippen LogP) is 4.22. The van der Waals surface area contributed by atoms with Crippen LogP contribution in [0, 0.1) is 0 Å². The molecule has 7 heteroatoms. The highest BCUT2D eigenvalue weighted by Gasteiger charge is 2.28. The number of furan rings is 1. The first-order chi connectivity index (χ1) is 12.6. The maximum Gasteiger partial charge on any atom is 0.290 e. The lowest BCUT2D eigenvalue weighted by molar-refractivity contribution is -0.115. The smallest absolute Gasteiger partial charge is 0.290 e. The van der Waals surface area contributed by atoms with E-state index in [1.54, 1.807) is 26.4 Å². The van der Waals surface area contributed by atoms with Crippen LogP contribution < -0.4 is 10.1 Å². The lowest BCUT2D eigenvalue weighted by atomic mass is 10.1. The van der Waals surface area contributed by atoms with Crippen molar-refractivity contribution in [3.63, 3.8) is 0 Å². The molecule has 130 valence electrons. The van der Waals surface area contributed by atoms with Crippen molar-refractivity contribution in [2.24, 2.45) is 0 Å². The molecule has 0 radical (unpaired) electrons. The number of pyridine rings is 1. The number of hydrogen-bond acceptors (Lipinski definition) is 6. The van der Waals surface area contributed by atoms with E-state index in [1.165, 1.54) is 0 Å². The van der Waals surface area contributed by atoms with Crippen molar-refractivity contribution in [3.05, 3.63) is 53.4 Å². The summed E-state index contributed by atoms with van der Waals surface area (Å²) in [6, 6.07) is 9.44. The van der Waals surface area contributed by atoms with Crippen LogP contribution in [0.25, 0.3) is 27.7 Å². The highest BCUT2D eigenvalue weighted by atomic mass is 32.2. The Morgan fingerprint density at radius 2 is 1.96 bits per heavy atom. The van der Waals surface area contributed by atoms with Crippen molar-refractivity contribution in [2.75, 3.05) is 7.11 Å². The monoisotopic (exact) mass is 366 g/mol. The molecule has 1 aromatic carbocycles.